The summed E-state index contributed by atoms with van der Waals surface area (Å²) >= 11 is 1.40. The highest BCUT2D eigenvalue weighted by molar-refractivity contribution is 7.12. The van der Waals surface area contributed by atoms with Crippen LogP contribution in [0, 0.1) is 6.92 Å². The van der Waals surface area contributed by atoms with E-state index >= 15 is 0 Å². The number of nitrogens with zero attached hydrogens (tertiary/aromatic N) is 1. The number of fused-ring (bicyclic) bond motifs is 1. The molecule has 1 amide bonds. The van der Waals surface area contributed by atoms with Crippen LogP contribution in [0.1, 0.15) is 26.8 Å². The minimum Gasteiger partial charge on any atom is -0.354 e. The minimum absolute atomic E-state index is 0.145. The van der Waals surface area contributed by atoms with Crippen molar-refractivity contribution in [1.29, 1.82) is 0 Å². The number of aryl methyl sites for hydroxylation is 1. The molecule has 4 aromatic rings. The first-order valence-corrected chi connectivity index (χ1v) is 9.88. The van der Waals surface area contributed by atoms with Crippen LogP contribution in [-0.4, -0.2) is 22.4 Å². The first kappa shape index (κ1) is 18.2. The van der Waals surface area contributed by atoms with Crippen LogP contribution in [0.5, 0.6) is 0 Å². The molecule has 0 bridgehead atoms. The number of hydrogen-bond donors (Lipinski definition) is 4. The van der Waals surface area contributed by atoms with Crippen molar-refractivity contribution in [2.75, 3.05) is 11.9 Å². The summed E-state index contributed by atoms with van der Waals surface area (Å²) in [5, 5.41) is 9.28. The van der Waals surface area contributed by atoms with Crippen molar-refractivity contribution in [1.82, 2.24) is 15.3 Å². The van der Waals surface area contributed by atoms with Gasteiger partial charge in [-0.25, -0.2) is 4.98 Å². The summed E-state index contributed by atoms with van der Waals surface area (Å²) in [5.74, 6) is -0.145. The van der Waals surface area contributed by atoms with Crippen LogP contribution >= 0.6 is 11.3 Å². The van der Waals surface area contributed by atoms with Crippen LogP contribution in [0.25, 0.3) is 11.0 Å². The predicted octanol–water partition coefficient (Wildman–Crippen LogP) is 4.11. The molecule has 1 aromatic carbocycles. The summed E-state index contributed by atoms with van der Waals surface area (Å²) in [4.78, 5) is 20.9. The van der Waals surface area contributed by atoms with E-state index in [1.54, 1.807) is 6.20 Å². The fourth-order valence-corrected chi connectivity index (χ4v) is 3.85. The number of rotatable bonds is 6. The van der Waals surface area contributed by atoms with Gasteiger partial charge >= 0.3 is 0 Å². The smallest absolute Gasteiger partial charge is 0.264 e. The molecule has 142 valence electrons. The normalized spacial score (nSPS) is 12.1. The number of thiophene rings is 1. The van der Waals surface area contributed by atoms with Crippen LogP contribution in [0.3, 0.4) is 0 Å². The standard InChI is InChI=1S/C21H21N5OS/c1-13-2-4-14(5-3-13)18(12-22)26-21(27)19-17(8-11-28-19)25-16-7-10-24-20-15(16)6-9-23-20/h2-11,18H,12,22H2,1H3,(H,26,27)(H2,23,24,25)/t18-/m1/s1. The van der Waals surface area contributed by atoms with Crippen LogP contribution in [0.2, 0.25) is 0 Å². The van der Waals surface area contributed by atoms with Crippen LogP contribution < -0.4 is 16.4 Å². The maximum Gasteiger partial charge on any atom is 0.264 e. The van der Waals surface area contributed by atoms with Crippen LogP contribution in [0.4, 0.5) is 11.4 Å². The lowest BCUT2D eigenvalue weighted by atomic mass is 10.1. The molecule has 0 aliphatic heterocycles. The lowest BCUT2D eigenvalue weighted by Crippen LogP contribution is -2.33. The molecule has 0 fully saturated rings. The molecule has 0 radical (unpaired) electrons. The second kappa shape index (κ2) is 7.84. The van der Waals surface area contributed by atoms with Crippen molar-refractivity contribution in [3.63, 3.8) is 0 Å². The number of hydrogen-bond acceptors (Lipinski definition) is 5. The number of H-pyrrole nitrogens is 1. The summed E-state index contributed by atoms with van der Waals surface area (Å²) in [6, 6.07) is 13.6. The number of nitrogens with two attached hydrogens (primary N) is 1. The zero-order valence-electron chi connectivity index (χ0n) is 15.4. The Kier molecular flexibility index (Phi) is 5.10. The lowest BCUT2D eigenvalue weighted by molar-refractivity contribution is 0.0942. The fraction of sp³-hybridized carbons (Fsp3) is 0.143. The Labute approximate surface area is 166 Å². The second-order valence-electron chi connectivity index (χ2n) is 6.56. The van der Waals surface area contributed by atoms with Crippen molar-refractivity contribution in [3.05, 3.63) is 76.2 Å². The monoisotopic (exact) mass is 391 g/mol. The molecule has 0 unspecified atom stereocenters. The zero-order valence-corrected chi connectivity index (χ0v) is 16.2. The van der Waals surface area contributed by atoms with Crippen molar-refractivity contribution >= 4 is 39.7 Å². The van der Waals surface area contributed by atoms with Gasteiger partial charge in [0.05, 0.1) is 17.4 Å². The average molecular weight is 392 g/mol. The van der Waals surface area contributed by atoms with E-state index < -0.39 is 0 Å². The van der Waals surface area contributed by atoms with Gasteiger partial charge in [-0.15, -0.1) is 11.3 Å². The first-order chi connectivity index (χ1) is 13.7. The number of pyridine rings is 1. The molecule has 1 atom stereocenters. The van der Waals surface area contributed by atoms with Crippen molar-refractivity contribution in [3.8, 4) is 0 Å². The molecule has 7 heteroatoms. The third-order valence-electron chi connectivity index (χ3n) is 4.62. The first-order valence-electron chi connectivity index (χ1n) is 9.00. The van der Waals surface area contributed by atoms with Crippen LogP contribution in [0.15, 0.2) is 60.2 Å². The van der Waals surface area contributed by atoms with E-state index in [0.29, 0.717) is 11.4 Å². The van der Waals surface area contributed by atoms with Crippen molar-refractivity contribution in [2.24, 2.45) is 5.73 Å². The van der Waals surface area contributed by atoms with Gasteiger partial charge in [0.2, 0.25) is 0 Å². The van der Waals surface area contributed by atoms with E-state index in [1.807, 2.05) is 61.0 Å². The third-order valence-corrected chi connectivity index (χ3v) is 5.53. The molecule has 0 aliphatic carbocycles. The number of carbonyl (C=O) groups excluding carboxylic acids is 1. The fourth-order valence-electron chi connectivity index (χ4n) is 3.10. The van der Waals surface area contributed by atoms with Gasteiger partial charge in [0.1, 0.15) is 10.5 Å². The number of nitrogens with one attached hydrogen (secondary N) is 3. The van der Waals surface area contributed by atoms with Gasteiger partial charge in [-0.05, 0) is 36.1 Å². The molecule has 0 saturated carbocycles. The van der Waals surface area contributed by atoms with Gasteiger partial charge in [0.15, 0.2) is 0 Å². The number of anilines is 2. The molecule has 3 heterocycles. The number of carbonyl (C=O) groups is 1. The SMILES string of the molecule is Cc1ccc([C@@H](CN)NC(=O)c2sccc2Nc2ccnc3[nH]ccc23)cc1. The molecule has 0 aliphatic rings. The molecular formula is C21H21N5OS. The van der Waals surface area contributed by atoms with Crippen molar-refractivity contribution in [2.45, 2.75) is 13.0 Å². The van der Waals surface area contributed by atoms with Crippen LogP contribution in [-0.2, 0) is 0 Å². The highest BCUT2D eigenvalue weighted by Crippen LogP contribution is 2.30. The molecule has 6 nitrogen and oxygen atoms in total. The molecule has 3 aromatic heterocycles. The Morgan fingerprint density at radius 2 is 2.00 bits per heavy atom. The highest BCUT2D eigenvalue weighted by atomic mass is 32.1. The number of benzene rings is 1. The summed E-state index contributed by atoms with van der Waals surface area (Å²) in [5.41, 5.74) is 10.5. The summed E-state index contributed by atoms with van der Waals surface area (Å²) < 4.78 is 0. The third kappa shape index (κ3) is 3.62. The van der Waals surface area contributed by atoms with Gasteiger partial charge in [0.25, 0.3) is 5.91 Å². The van der Waals surface area contributed by atoms with Gasteiger partial charge < -0.3 is 21.4 Å². The van der Waals surface area contributed by atoms with Gasteiger partial charge in [-0.3, -0.25) is 4.79 Å². The highest BCUT2D eigenvalue weighted by Gasteiger charge is 2.19. The summed E-state index contributed by atoms with van der Waals surface area (Å²) in [6.07, 6.45) is 3.58. The van der Waals surface area contributed by atoms with E-state index in [0.717, 1.165) is 28.0 Å². The maximum atomic E-state index is 12.9. The topological polar surface area (TPSA) is 95.8 Å². The van der Waals surface area contributed by atoms with E-state index in [4.69, 9.17) is 5.73 Å². The average Bonchev–Trinajstić information content (AvgIpc) is 3.36. The number of aromatic nitrogens is 2. The Hall–Kier alpha value is -3.16. The number of aromatic amines is 1. The minimum atomic E-state index is -0.236. The van der Waals surface area contributed by atoms with Gasteiger partial charge in [0, 0.05) is 24.3 Å². The van der Waals surface area contributed by atoms with E-state index in [9.17, 15) is 4.79 Å². The lowest BCUT2D eigenvalue weighted by Gasteiger charge is -2.18. The Bertz CT molecular complexity index is 1100. The molecular weight excluding hydrogens is 370 g/mol. The van der Waals surface area contributed by atoms with Crippen molar-refractivity contribution < 1.29 is 4.79 Å². The van der Waals surface area contributed by atoms with E-state index in [-0.39, 0.29) is 11.9 Å². The van der Waals surface area contributed by atoms with Gasteiger partial charge in [-0.2, -0.15) is 0 Å². The quantitative estimate of drug-likeness (QED) is 0.398. The Balaban J connectivity index is 1.55. The Morgan fingerprint density at radius 3 is 2.79 bits per heavy atom. The molecule has 4 rings (SSSR count). The zero-order chi connectivity index (χ0) is 19.5. The summed E-state index contributed by atoms with van der Waals surface area (Å²) in [6.45, 7) is 2.36. The molecule has 5 N–H and O–H groups in total. The Morgan fingerprint density at radius 1 is 1.18 bits per heavy atom. The number of amides is 1. The predicted molar refractivity (Wildman–Crippen MR) is 114 cm³/mol. The second-order valence-corrected chi connectivity index (χ2v) is 7.48. The largest absolute Gasteiger partial charge is 0.354 e. The molecule has 28 heavy (non-hydrogen) atoms. The summed E-state index contributed by atoms with van der Waals surface area (Å²) in [7, 11) is 0. The van der Waals surface area contributed by atoms with Gasteiger partial charge in [-0.1, -0.05) is 29.8 Å². The molecule has 0 spiro atoms. The van der Waals surface area contributed by atoms with E-state index in [1.165, 1.54) is 16.9 Å². The molecule has 0 saturated heterocycles. The maximum absolute atomic E-state index is 12.9. The van der Waals surface area contributed by atoms with E-state index in [2.05, 4.69) is 20.6 Å².